The predicted octanol–water partition coefficient (Wildman–Crippen LogP) is 0.853. The van der Waals surface area contributed by atoms with Gasteiger partial charge in [-0.1, -0.05) is 0 Å². The minimum Gasteiger partial charge on any atom is -0.433 e. The average Bonchev–Trinajstić information content (AvgIpc) is 2.64. The number of hydrogen-bond acceptors (Lipinski definition) is 5. The standard InChI is InChI=1S/C11H18N2O3/c1-2-15-11(14)16-12-6-8-5-9-3-4-13(9)10(8)7-12/h8-10H,2-7H2,1H3. The highest BCUT2D eigenvalue weighted by Gasteiger charge is 2.50. The van der Waals surface area contributed by atoms with Gasteiger partial charge in [0, 0.05) is 25.2 Å². The monoisotopic (exact) mass is 226 g/mol. The molecule has 3 rings (SSSR count). The molecule has 3 fully saturated rings. The summed E-state index contributed by atoms with van der Waals surface area (Å²) in [5.41, 5.74) is 0. The van der Waals surface area contributed by atoms with E-state index in [1.54, 1.807) is 12.0 Å². The van der Waals surface area contributed by atoms with E-state index in [-0.39, 0.29) is 0 Å². The Hall–Kier alpha value is -0.810. The highest BCUT2D eigenvalue weighted by atomic mass is 16.8. The van der Waals surface area contributed by atoms with E-state index in [2.05, 4.69) is 4.90 Å². The Bertz CT molecular complexity index is 297. The van der Waals surface area contributed by atoms with E-state index < -0.39 is 6.16 Å². The molecule has 16 heavy (non-hydrogen) atoms. The van der Waals surface area contributed by atoms with Crippen LogP contribution in [0.5, 0.6) is 0 Å². The summed E-state index contributed by atoms with van der Waals surface area (Å²) < 4.78 is 4.77. The first kappa shape index (κ1) is 10.4. The largest absolute Gasteiger partial charge is 0.527 e. The second-order valence-corrected chi connectivity index (χ2v) is 4.86. The van der Waals surface area contributed by atoms with Crippen LogP contribution in [0.15, 0.2) is 0 Å². The third-order valence-corrected chi connectivity index (χ3v) is 4.03. The Morgan fingerprint density at radius 2 is 2.31 bits per heavy atom. The van der Waals surface area contributed by atoms with Gasteiger partial charge in [0.05, 0.1) is 13.2 Å². The van der Waals surface area contributed by atoms with E-state index in [0.29, 0.717) is 18.6 Å². The van der Waals surface area contributed by atoms with Crippen molar-refractivity contribution in [3.63, 3.8) is 0 Å². The van der Waals surface area contributed by atoms with Crippen molar-refractivity contribution in [2.75, 3.05) is 26.2 Å². The van der Waals surface area contributed by atoms with Gasteiger partial charge < -0.3 is 9.57 Å². The van der Waals surface area contributed by atoms with Crippen molar-refractivity contribution < 1.29 is 14.4 Å². The number of carbonyl (C=O) groups excluding carboxylic acids is 1. The Morgan fingerprint density at radius 3 is 3.00 bits per heavy atom. The number of fused-ring (bicyclic) bond motifs is 3. The van der Waals surface area contributed by atoms with E-state index in [1.807, 2.05) is 0 Å². The van der Waals surface area contributed by atoms with Gasteiger partial charge in [-0.25, -0.2) is 4.79 Å². The van der Waals surface area contributed by atoms with Gasteiger partial charge in [0.1, 0.15) is 0 Å². The van der Waals surface area contributed by atoms with Gasteiger partial charge in [-0.3, -0.25) is 4.90 Å². The number of hydroxylamine groups is 2. The summed E-state index contributed by atoms with van der Waals surface area (Å²) >= 11 is 0. The van der Waals surface area contributed by atoms with Gasteiger partial charge in [0.15, 0.2) is 0 Å². The molecule has 3 heterocycles. The zero-order valence-corrected chi connectivity index (χ0v) is 9.59. The molecular formula is C11H18N2O3. The van der Waals surface area contributed by atoms with Crippen molar-refractivity contribution in [3.05, 3.63) is 0 Å². The molecule has 3 atom stereocenters. The average molecular weight is 226 g/mol. The summed E-state index contributed by atoms with van der Waals surface area (Å²) in [5.74, 6) is 0.682. The summed E-state index contributed by atoms with van der Waals surface area (Å²) in [5, 5.41) is 1.77. The van der Waals surface area contributed by atoms with Gasteiger partial charge in [0.25, 0.3) is 0 Å². The van der Waals surface area contributed by atoms with E-state index >= 15 is 0 Å². The molecule has 0 aromatic rings. The molecule has 3 saturated heterocycles. The second kappa shape index (κ2) is 3.89. The first-order valence-corrected chi connectivity index (χ1v) is 6.13. The molecule has 3 aliphatic heterocycles. The molecule has 0 saturated carbocycles. The Labute approximate surface area is 95.2 Å². The van der Waals surface area contributed by atoms with Crippen LogP contribution in [0, 0.1) is 5.92 Å². The molecule has 5 nitrogen and oxygen atoms in total. The van der Waals surface area contributed by atoms with Crippen LogP contribution in [0.3, 0.4) is 0 Å². The minimum absolute atomic E-state index is 0.369. The maximum Gasteiger partial charge on any atom is 0.527 e. The molecule has 3 unspecified atom stereocenters. The fourth-order valence-corrected chi connectivity index (χ4v) is 3.25. The fraction of sp³-hybridized carbons (Fsp3) is 0.909. The Morgan fingerprint density at radius 1 is 1.44 bits per heavy atom. The number of hydrogen-bond donors (Lipinski definition) is 0. The van der Waals surface area contributed by atoms with Gasteiger partial charge in [-0.15, -0.1) is 5.06 Å². The summed E-state index contributed by atoms with van der Waals surface area (Å²) in [6.07, 6.45) is 2.06. The number of rotatable bonds is 2. The number of carbonyl (C=O) groups is 1. The van der Waals surface area contributed by atoms with Crippen LogP contribution in [0.2, 0.25) is 0 Å². The van der Waals surface area contributed by atoms with Crippen molar-refractivity contribution in [2.45, 2.75) is 31.8 Å². The summed E-state index contributed by atoms with van der Waals surface area (Å²) in [4.78, 5) is 18.9. The third-order valence-electron chi connectivity index (χ3n) is 4.03. The zero-order chi connectivity index (χ0) is 11.1. The molecule has 0 radical (unpaired) electrons. The van der Waals surface area contributed by atoms with Gasteiger partial charge in [-0.05, 0) is 25.7 Å². The maximum atomic E-state index is 11.2. The predicted molar refractivity (Wildman–Crippen MR) is 56.7 cm³/mol. The Balaban J connectivity index is 1.52. The Kier molecular flexibility index (Phi) is 2.52. The molecule has 0 aromatic carbocycles. The van der Waals surface area contributed by atoms with Crippen LogP contribution < -0.4 is 0 Å². The molecule has 0 aromatic heterocycles. The molecular weight excluding hydrogens is 208 g/mol. The fourth-order valence-electron chi connectivity index (χ4n) is 3.25. The summed E-state index contributed by atoms with van der Waals surface area (Å²) in [7, 11) is 0. The smallest absolute Gasteiger partial charge is 0.433 e. The lowest BCUT2D eigenvalue weighted by Gasteiger charge is -2.38. The molecule has 0 spiro atoms. The third kappa shape index (κ3) is 1.58. The van der Waals surface area contributed by atoms with Crippen LogP contribution in [-0.4, -0.2) is 54.4 Å². The van der Waals surface area contributed by atoms with Gasteiger partial charge >= 0.3 is 6.16 Å². The minimum atomic E-state index is -0.567. The maximum absolute atomic E-state index is 11.2. The molecule has 0 amide bonds. The first-order valence-electron chi connectivity index (χ1n) is 6.13. The highest BCUT2D eigenvalue weighted by Crippen LogP contribution is 2.41. The van der Waals surface area contributed by atoms with Crippen molar-refractivity contribution in [2.24, 2.45) is 5.92 Å². The lowest BCUT2D eigenvalue weighted by molar-refractivity contribution is -0.120. The van der Waals surface area contributed by atoms with Crippen LogP contribution in [-0.2, 0) is 9.57 Å². The number of ether oxygens (including phenoxy) is 1. The van der Waals surface area contributed by atoms with Gasteiger partial charge in [0.2, 0.25) is 0 Å². The zero-order valence-electron chi connectivity index (χ0n) is 9.59. The number of nitrogens with zero attached hydrogens (tertiary/aromatic N) is 2. The van der Waals surface area contributed by atoms with Crippen LogP contribution in [0.25, 0.3) is 0 Å². The van der Waals surface area contributed by atoms with Crippen molar-refractivity contribution >= 4 is 6.16 Å². The molecule has 90 valence electrons. The van der Waals surface area contributed by atoms with E-state index in [0.717, 1.165) is 19.1 Å². The van der Waals surface area contributed by atoms with Crippen molar-refractivity contribution in [1.29, 1.82) is 0 Å². The van der Waals surface area contributed by atoms with E-state index in [1.165, 1.54) is 19.4 Å². The second-order valence-electron chi connectivity index (χ2n) is 4.86. The van der Waals surface area contributed by atoms with Crippen LogP contribution >= 0.6 is 0 Å². The van der Waals surface area contributed by atoms with Crippen molar-refractivity contribution in [1.82, 2.24) is 9.96 Å². The topological polar surface area (TPSA) is 42.0 Å². The van der Waals surface area contributed by atoms with Crippen LogP contribution in [0.4, 0.5) is 4.79 Å². The molecule has 0 N–H and O–H groups in total. The molecule has 0 bridgehead atoms. The lowest BCUT2D eigenvalue weighted by Crippen LogP contribution is -2.49. The van der Waals surface area contributed by atoms with Gasteiger partial charge in [-0.2, -0.15) is 0 Å². The SMILES string of the molecule is CCOC(=O)ON1CC2CC3CCN3C2C1. The normalized spacial score (nSPS) is 37.7. The highest BCUT2D eigenvalue weighted by molar-refractivity contribution is 5.59. The summed E-state index contributed by atoms with van der Waals surface area (Å²) in [6, 6.07) is 1.42. The van der Waals surface area contributed by atoms with E-state index in [4.69, 9.17) is 9.57 Å². The lowest BCUT2D eigenvalue weighted by atomic mass is 10.0. The van der Waals surface area contributed by atoms with E-state index in [9.17, 15) is 4.79 Å². The quantitative estimate of drug-likeness (QED) is 0.653. The molecule has 3 aliphatic rings. The summed E-state index contributed by atoms with van der Waals surface area (Å²) in [6.45, 7) is 5.09. The van der Waals surface area contributed by atoms with Crippen LogP contribution in [0.1, 0.15) is 19.8 Å². The first-order chi connectivity index (χ1) is 7.78. The molecule has 0 aliphatic carbocycles. The van der Waals surface area contributed by atoms with Crippen molar-refractivity contribution in [3.8, 4) is 0 Å². The molecule has 5 heteroatoms.